The van der Waals surface area contributed by atoms with Gasteiger partial charge in [-0.25, -0.2) is 0 Å². The first-order valence-electron chi connectivity index (χ1n) is 8.66. The second-order valence-corrected chi connectivity index (χ2v) is 7.15. The molecule has 2 fully saturated rings. The summed E-state index contributed by atoms with van der Waals surface area (Å²) in [6.07, 6.45) is 4.76. The Bertz CT molecular complexity index is 724. The van der Waals surface area contributed by atoms with Gasteiger partial charge < -0.3 is 14.4 Å². The number of pyridine rings is 1. The highest BCUT2D eigenvalue weighted by molar-refractivity contribution is 6.00. The van der Waals surface area contributed by atoms with Crippen LogP contribution >= 0.6 is 0 Å². The van der Waals surface area contributed by atoms with Crippen LogP contribution in [0.3, 0.4) is 0 Å². The molecule has 6 heteroatoms. The SMILES string of the molecule is CC(C)N1CCCC2(CCCN2C(=O)c2ccn(C)c(=O)c2)C1=O. The fraction of sp³-hybridized carbons (Fsp3) is 0.611. The molecule has 2 amide bonds. The first kappa shape index (κ1) is 16.7. The van der Waals surface area contributed by atoms with E-state index >= 15 is 0 Å². The minimum absolute atomic E-state index is 0.0680. The standard InChI is InChI=1S/C18H25N3O3/c1-13(2)20-9-4-7-18(17(20)24)8-5-10-21(18)16(23)14-6-11-19(3)15(22)12-14/h6,11-13H,4-5,7-10H2,1-3H3. The Kier molecular flexibility index (Phi) is 4.24. The van der Waals surface area contributed by atoms with Crippen LogP contribution in [-0.4, -0.2) is 50.9 Å². The number of aromatic nitrogens is 1. The smallest absolute Gasteiger partial charge is 0.255 e. The molecule has 3 heterocycles. The molecule has 2 aliphatic rings. The number of amides is 2. The van der Waals surface area contributed by atoms with E-state index < -0.39 is 5.54 Å². The molecular weight excluding hydrogens is 306 g/mol. The molecule has 0 aliphatic carbocycles. The summed E-state index contributed by atoms with van der Waals surface area (Å²) in [4.78, 5) is 41.6. The predicted octanol–water partition coefficient (Wildman–Crippen LogP) is 1.39. The third-order valence-corrected chi connectivity index (χ3v) is 5.36. The van der Waals surface area contributed by atoms with Crippen molar-refractivity contribution in [2.24, 2.45) is 7.05 Å². The van der Waals surface area contributed by atoms with E-state index in [0.29, 0.717) is 24.9 Å². The summed E-state index contributed by atoms with van der Waals surface area (Å²) in [6.45, 7) is 5.36. The summed E-state index contributed by atoms with van der Waals surface area (Å²) < 4.78 is 1.43. The van der Waals surface area contributed by atoms with Crippen LogP contribution in [-0.2, 0) is 11.8 Å². The van der Waals surface area contributed by atoms with Gasteiger partial charge in [-0.05, 0) is 45.6 Å². The second-order valence-electron chi connectivity index (χ2n) is 7.15. The number of carbonyl (C=O) groups is 2. The predicted molar refractivity (Wildman–Crippen MR) is 90.8 cm³/mol. The van der Waals surface area contributed by atoms with E-state index in [1.807, 2.05) is 18.7 Å². The van der Waals surface area contributed by atoms with Gasteiger partial charge in [0.1, 0.15) is 5.54 Å². The van der Waals surface area contributed by atoms with Crippen molar-refractivity contribution in [3.05, 3.63) is 34.2 Å². The minimum atomic E-state index is -0.722. The van der Waals surface area contributed by atoms with Crippen LogP contribution in [0.1, 0.15) is 49.9 Å². The zero-order chi connectivity index (χ0) is 17.5. The van der Waals surface area contributed by atoms with Gasteiger partial charge in [-0.15, -0.1) is 0 Å². The molecule has 1 unspecified atom stereocenters. The van der Waals surface area contributed by atoms with Crippen LogP contribution < -0.4 is 5.56 Å². The fourth-order valence-corrected chi connectivity index (χ4v) is 4.00. The molecule has 2 saturated heterocycles. The van der Waals surface area contributed by atoms with Crippen molar-refractivity contribution in [3.8, 4) is 0 Å². The number of carbonyl (C=O) groups excluding carboxylic acids is 2. The zero-order valence-corrected chi connectivity index (χ0v) is 14.6. The van der Waals surface area contributed by atoms with E-state index in [0.717, 1.165) is 19.4 Å². The molecule has 1 atom stereocenters. The number of piperidine rings is 1. The molecule has 130 valence electrons. The van der Waals surface area contributed by atoms with Gasteiger partial charge in [-0.2, -0.15) is 0 Å². The lowest BCUT2D eigenvalue weighted by molar-refractivity contribution is -0.147. The Morgan fingerprint density at radius 2 is 1.83 bits per heavy atom. The van der Waals surface area contributed by atoms with Gasteiger partial charge in [0.2, 0.25) is 5.91 Å². The van der Waals surface area contributed by atoms with Crippen LogP contribution in [0.25, 0.3) is 0 Å². The molecule has 0 bridgehead atoms. The molecule has 24 heavy (non-hydrogen) atoms. The summed E-state index contributed by atoms with van der Waals surface area (Å²) in [7, 11) is 1.65. The Balaban J connectivity index is 1.94. The van der Waals surface area contributed by atoms with Crippen molar-refractivity contribution in [2.75, 3.05) is 13.1 Å². The average molecular weight is 331 g/mol. The van der Waals surface area contributed by atoms with Gasteiger partial charge in [-0.1, -0.05) is 0 Å². The number of aryl methyl sites for hydroxylation is 1. The molecular formula is C18H25N3O3. The van der Waals surface area contributed by atoms with E-state index in [1.54, 1.807) is 24.2 Å². The summed E-state index contributed by atoms with van der Waals surface area (Å²) >= 11 is 0. The van der Waals surface area contributed by atoms with Gasteiger partial charge in [0.25, 0.3) is 11.5 Å². The molecule has 0 saturated carbocycles. The average Bonchev–Trinajstić information content (AvgIpc) is 2.96. The lowest BCUT2D eigenvalue weighted by atomic mass is 9.84. The fourth-order valence-electron chi connectivity index (χ4n) is 4.00. The number of nitrogens with zero attached hydrogens (tertiary/aromatic N) is 3. The summed E-state index contributed by atoms with van der Waals surface area (Å²) in [5.74, 6) is -0.136. The van der Waals surface area contributed by atoms with Gasteiger partial charge in [0, 0.05) is 44.0 Å². The quantitative estimate of drug-likeness (QED) is 0.823. The van der Waals surface area contributed by atoms with E-state index in [4.69, 9.17) is 0 Å². The maximum atomic E-state index is 13.1. The van der Waals surface area contributed by atoms with E-state index in [9.17, 15) is 14.4 Å². The number of likely N-dealkylation sites (tertiary alicyclic amines) is 2. The zero-order valence-electron chi connectivity index (χ0n) is 14.6. The lowest BCUT2D eigenvalue weighted by Gasteiger charge is -2.46. The summed E-state index contributed by atoms with van der Waals surface area (Å²) in [6, 6.07) is 3.15. The maximum absolute atomic E-state index is 13.1. The molecule has 1 aromatic rings. The van der Waals surface area contributed by atoms with Crippen LogP contribution in [0.15, 0.2) is 23.1 Å². The van der Waals surface area contributed by atoms with Gasteiger partial charge in [0.05, 0.1) is 0 Å². The summed E-state index contributed by atoms with van der Waals surface area (Å²) in [5, 5.41) is 0. The lowest BCUT2D eigenvalue weighted by Crippen LogP contribution is -2.62. The molecule has 0 N–H and O–H groups in total. The maximum Gasteiger partial charge on any atom is 0.255 e. The third kappa shape index (κ3) is 2.54. The van der Waals surface area contributed by atoms with Crippen LogP contribution in [0, 0.1) is 0 Å². The first-order chi connectivity index (χ1) is 11.4. The number of rotatable bonds is 2. The van der Waals surface area contributed by atoms with Gasteiger partial charge in [0.15, 0.2) is 0 Å². The summed E-state index contributed by atoms with van der Waals surface area (Å²) in [5.41, 5.74) is -0.567. The molecule has 1 spiro atoms. The number of hydrogen-bond acceptors (Lipinski definition) is 3. The normalized spacial score (nSPS) is 24.2. The van der Waals surface area contributed by atoms with Crippen molar-refractivity contribution in [1.82, 2.24) is 14.4 Å². The van der Waals surface area contributed by atoms with Gasteiger partial charge >= 0.3 is 0 Å². The molecule has 6 nitrogen and oxygen atoms in total. The van der Waals surface area contributed by atoms with Crippen LogP contribution in [0.4, 0.5) is 0 Å². The van der Waals surface area contributed by atoms with Crippen molar-refractivity contribution in [1.29, 1.82) is 0 Å². The Morgan fingerprint density at radius 3 is 2.46 bits per heavy atom. The first-order valence-corrected chi connectivity index (χ1v) is 8.66. The highest BCUT2D eigenvalue weighted by atomic mass is 16.2. The molecule has 0 aromatic carbocycles. The molecule has 2 aliphatic heterocycles. The Hall–Kier alpha value is -2.11. The highest BCUT2D eigenvalue weighted by Crippen LogP contribution is 2.39. The Morgan fingerprint density at radius 1 is 1.17 bits per heavy atom. The minimum Gasteiger partial charge on any atom is -0.338 e. The Labute approximate surface area is 142 Å². The van der Waals surface area contributed by atoms with E-state index in [1.165, 1.54) is 10.6 Å². The largest absolute Gasteiger partial charge is 0.338 e. The van der Waals surface area contributed by atoms with Crippen molar-refractivity contribution >= 4 is 11.8 Å². The van der Waals surface area contributed by atoms with Crippen molar-refractivity contribution in [2.45, 2.75) is 51.1 Å². The van der Waals surface area contributed by atoms with Crippen molar-refractivity contribution < 1.29 is 9.59 Å². The van der Waals surface area contributed by atoms with E-state index in [2.05, 4.69) is 0 Å². The highest BCUT2D eigenvalue weighted by Gasteiger charge is 2.53. The number of hydrogen-bond donors (Lipinski definition) is 0. The van der Waals surface area contributed by atoms with Gasteiger partial charge in [-0.3, -0.25) is 14.4 Å². The second kappa shape index (κ2) is 6.07. The molecule has 0 radical (unpaired) electrons. The molecule has 3 rings (SSSR count). The topological polar surface area (TPSA) is 62.6 Å². The third-order valence-electron chi connectivity index (χ3n) is 5.36. The van der Waals surface area contributed by atoms with Crippen LogP contribution in [0.5, 0.6) is 0 Å². The molecule has 1 aromatic heterocycles. The van der Waals surface area contributed by atoms with Crippen molar-refractivity contribution in [3.63, 3.8) is 0 Å². The monoisotopic (exact) mass is 331 g/mol. The van der Waals surface area contributed by atoms with E-state index in [-0.39, 0.29) is 23.4 Å². The van der Waals surface area contributed by atoms with Crippen LogP contribution in [0.2, 0.25) is 0 Å².